The molecule has 2 heterocycles. The van der Waals surface area contributed by atoms with Gasteiger partial charge in [-0.3, -0.25) is 14.6 Å². The molecule has 0 bridgehead atoms. The summed E-state index contributed by atoms with van der Waals surface area (Å²) in [7, 11) is 1.68. The molecule has 0 spiro atoms. The van der Waals surface area contributed by atoms with Crippen molar-refractivity contribution in [2.24, 2.45) is 5.41 Å². The Morgan fingerprint density at radius 2 is 1.82 bits per heavy atom. The average Bonchev–Trinajstić information content (AvgIpc) is 2.88. The molecule has 0 saturated carbocycles. The van der Waals surface area contributed by atoms with Crippen LogP contribution in [0.1, 0.15) is 36.8 Å². The summed E-state index contributed by atoms with van der Waals surface area (Å²) in [6, 6.07) is 22.0. The molecule has 2 unspecified atom stereocenters. The average molecular weight is 442 g/mol. The maximum absolute atomic E-state index is 13.4. The number of hydrogen-bond donors (Lipinski definition) is 1. The van der Waals surface area contributed by atoms with Gasteiger partial charge in [0.2, 0.25) is 11.8 Å². The number of aromatic nitrogens is 1. The van der Waals surface area contributed by atoms with Gasteiger partial charge in [0, 0.05) is 38.1 Å². The van der Waals surface area contributed by atoms with Gasteiger partial charge in [0.05, 0.1) is 11.3 Å². The number of amides is 2. The number of likely N-dealkylation sites (tertiary alicyclic amines) is 1. The van der Waals surface area contributed by atoms with E-state index in [-0.39, 0.29) is 17.7 Å². The van der Waals surface area contributed by atoms with Crippen molar-refractivity contribution >= 4 is 11.8 Å². The van der Waals surface area contributed by atoms with E-state index in [0.29, 0.717) is 19.5 Å². The minimum atomic E-state index is -0.669. The summed E-state index contributed by atoms with van der Waals surface area (Å²) in [5.74, 6) is -0.169. The molecule has 2 atom stereocenters. The fraction of sp³-hybridized carbons (Fsp3) is 0.321. The van der Waals surface area contributed by atoms with Crippen LogP contribution in [0.3, 0.4) is 0 Å². The lowest BCUT2D eigenvalue weighted by Gasteiger charge is -2.42. The molecular weight excluding hydrogens is 410 g/mol. The molecule has 1 fully saturated rings. The fourth-order valence-corrected chi connectivity index (χ4v) is 5.00. The Labute approximate surface area is 195 Å². The molecular formula is C28H31N3O2. The predicted molar refractivity (Wildman–Crippen MR) is 131 cm³/mol. The summed E-state index contributed by atoms with van der Waals surface area (Å²) in [4.78, 5) is 32.9. The van der Waals surface area contributed by atoms with Gasteiger partial charge >= 0.3 is 0 Å². The van der Waals surface area contributed by atoms with Gasteiger partial charge in [-0.15, -0.1) is 0 Å². The molecule has 2 amide bonds. The van der Waals surface area contributed by atoms with Crippen LogP contribution in [0.2, 0.25) is 0 Å². The molecule has 1 saturated heterocycles. The summed E-state index contributed by atoms with van der Waals surface area (Å²) < 4.78 is 0. The van der Waals surface area contributed by atoms with Crippen LogP contribution in [0.15, 0.2) is 79.1 Å². The van der Waals surface area contributed by atoms with Crippen LogP contribution >= 0.6 is 0 Å². The van der Waals surface area contributed by atoms with E-state index >= 15 is 0 Å². The number of hydrogen-bond acceptors (Lipinski definition) is 3. The van der Waals surface area contributed by atoms with Gasteiger partial charge in [0.1, 0.15) is 0 Å². The number of benzene rings is 2. The summed E-state index contributed by atoms with van der Waals surface area (Å²) >= 11 is 0. The minimum Gasteiger partial charge on any atom is -0.359 e. The normalized spacial score (nSPS) is 19.0. The second-order valence-corrected chi connectivity index (χ2v) is 8.93. The van der Waals surface area contributed by atoms with Crippen molar-refractivity contribution in [3.63, 3.8) is 0 Å². The highest BCUT2D eigenvalue weighted by Gasteiger charge is 2.44. The molecule has 33 heavy (non-hydrogen) atoms. The lowest BCUT2D eigenvalue weighted by Crippen LogP contribution is -2.54. The van der Waals surface area contributed by atoms with Crippen molar-refractivity contribution < 1.29 is 9.59 Å². The van der Waals surface area contributed by atoms with Gasteiger partial charge in [-0.2, -0.15) is 0 Å². The lowest BCUT2D eigenvalue weighted by atomic mass is 9.73. The van der Waals surface area contributed by atoms with Crippen molar-refractivity contribution in [2.75, 3.05) is 20.1 Å². The van der Waals surface area contributed by atoms with E-state index in [0.717, 1.165) is 35.1 Å². The van der Waals surface area contributed by atoms with Gasteiger partial charge in [-0.25, -0.2) is 0 Å². The molecule has 2 aromatic carbocycles. The van der Waals surface area contributed by atoms with Crippen LogP contribution in [0, 0.1) is 5.41 Å². The Balaban J connectivity index is 1.64. The zero-order valence-electron chi connectivity index (χ0n) is 19.3. The quantitative estimate of drug-likeness (QED) is 0.615. The van der Waals surface area contributed by atoms with E-state index in [9.17, 15) is 9.59 Å². The first-order valence-electron chi connectivity index (χ1n) is 11.6. The number of carbonyl (C=O) groups is 2. The lowest BCUT2D eigenvalue weighted by molar-refractivity contribution is -0.142. The Hall–Kier alpha value is -3.47. The third-order valence-electron chi connectivity index (χ3n) is 6.79. The van der Waals surface area contributed by atoms with E-state index in [4.69, 9.17) is 0 Å². The molecule has 1 aliphatic heterocycles. The van der Waals surface area contributed by atoms with Crippen molar-refractivity contribution in [1.29, 1.82) is 0 Å². The van der Waals surface area contributed by atoms with E-state index < -0.39 is 5.41 Å². The molecule has 5 heteroatoms. The molecule has 1 N–H and O–H groups in total. The van der Waals surface area contributed by atoms with Crippen molar-refractivity contribution in [2.45, 2.75) is 32.1 Å². The standard InChI is InChI=1S/C28H31N3O2/c1-21(22-10-4-3-5-11-22)26(32)31-17-9-15-28(20-31,27(33)29-2)18-23-12-6-7-14-25(23)24-13-8-16-30-19-24/h3-8,10-14,16,19,21H,9,15,17-18,20H2,1-2H3,(H,29,33). The first-order chi connectivity index (χ1) is 16.0. The van der Waals surface area contributed by atoms with E-state index in [1.165, 1.54) is 0 Å². The smallest absolute Gasteiger partial charge is 0.229 e. The molecule has 4 rings (SSSR count). The monoisotopic (exact) mass is 441 g/mol. The number of rotatable bonds is 6. The molecule has 0 aliphatic carbocycles. The van der Waals surface area contributed by atoms with E-state index in [1.54, 1.807) is 13.2 Å². The van der Waals surface area contributed by atoms with Crippen LogP contribution in [0.25, 0.3) is 11.1 Å². The molecule has 170 valence electrons. The predicted octanol–water partition coefficient (Wildman–Crippen LogP) is 4.45. The highest BCUT2D eigenvalue weighted by Crippen LogP contribution is 2.38. The number of nitrogens with one attached hydrogen (secondary N) is 1. The Kier molecular flexibility index (Phi) is 6.87. The summed E-state index contributed by atoms with van der Waals surface area (Å²) in [5.41, 5.74) is 3.54. The molecule has 1 aromatic heterocycles. The van der Waals surface area contributed by atoms with Crippen LogP contribution in [0.5, 0.6) is 0 Å². The van der Waals surface area contributed by atoms with Crippen LogP contribution in [0.4, 0.5) is 0 Å². The molecule has 5 nitrogen and oxygen atoms in total. The SMILES string of the molecule is CNC(=O)C1(Cc2ccccc2-c2cccnc2)CCCN(C(=O)C(C)c2ccccc2)C1. The Morgan fingerprint density at radius 3 is 2.55 bits per heavy atom. The van der Waals surface area contributed by atoms with Gasteiger partial charge in [0.25, 0.3) is 0 Å². The van der Waals surface area contributed by atoms with Crippen molar-refractivity contribution in [3.05, 3.63) is 90.3 Å². The second kappa shape index (κ2) is 9.99. The van der Waals surface area contributed by atoms with Gasteiger partial charge in [-0.1, -0.05) is 60.7 Å². The first kappa shape index (κ1) is 22.7. The van der Waals surface area contributed by atoms with Gasteiger partial charge in [0.15, 0.2) is 0 Å². The third kappa shape index (κ3) is 4.82. The Bertz CT molecular complexity index is 1100. The van der Waals surface area contributed by atoms with Crippen molar-refractivity contribution in [1.82, 2.24) is 15.2 Å². The fourth-order valence-electron chi connectivity index (χ4n) is 5.00. The topological polar surface area (TPSA) is 62.3 Å². The van der Waals surface area contributed by atoms with Gasteiger partial charge < -0.3 is 10.2 Å². The highest BCUT2D eigenvalue weighted by atomic mass is 16.2. The van der Waals surface area contributed by atoms with Crippen LogP contribution in [-0.2, 0) is 16.0 Å². The minimum absolute atomic E-state index is 0.00615. The number of nitrogens with zero attached hydrogens (tertiary/aromatic N) is 2. The third-order valence-corrected chi connectivity index (χ3v) is 6.79. The number of piperidine rings is 1. The van der Waals surface area contributed by atoms with Crippen LogP contribution in [-0.4, -0.2) is 41.8 Å². The van der Waals surface area contributed by atoms with E-state index in [1.807, 2.05) is 72.6 Å². The maximum Gasteiger partial charge on any atom is 0.229 e. The maximum atomic E-state index is 13.4. The zero-order chi connectivity index (χ0) is 23.3. The summed E-state index contributed by atoms with van der Waals surface area (Å²) in [6.45, 7) is 3.05. The first-order valence-corrected chi connectivity index (χ1v) is 11.6. The summed E-state index contributed by atoms with van der Waals surface area (Å²) in [6.07, 6.45) is 5.73. The number of carbonyl (C=O) groups excluding carboxylic acids is 2. The molecule has 3 aromatic rings. The molecule has 1 aliphatic rings. The van der Waals surface area contributed by atoms with Crippen LogP contribution < -0.4 is 5.32 Å². The largest absolute Gasteiger partial charge is 0.359 e. The second-order valence-electron chi connectivity index (χ2n) is 8.93. The zero-order valence-corrected chi connectivity index (χ0v) is 19.3. The van der Waals surface area contributed by atoms with Crippen molar-refractivity contribution in [3.8, 4) is 11.1 Å². The van der Waals surface area contributed by atoms with E-state index in [2.05, 4.69) is 22.4 Å². The van der Waals surface area contributed by atoms with Gasteiger partial charge in [-0.05, 0) is 48.9 Å². The number of pyridine rings is 1. The Morgan fingerprint density at radius 1 is 1.06 bits per heavy atom. The molecule has 0 radical (unpaired) electrons. The summed E-state index contributed by atoms with van der Waals surface area (Å²) in [5, 5.41) is 2.89. The highest BCUT2D eigenvalue weighted by molar-refractivity contribution is 5.87.